The van der Waals surface area contributed by atoms with E-state index in [4.69, 9.17) is 16.1 Å². The van der Waals surface area contributed by atoms with E-state index in [2.05, 4.69) is 38.0 Å². The average Bonchev–Trinajstić information content (AvgIpc) is 3.38. The Hall–Kier alpha value is -5.02. The van der Waals surface area contributed by atoms with Gasteiger partial charge < -0.3 is 20.5 Å². The number of amides is 1. The predicted molar refractivity (Wildman–Crippen MR) is 181 cm³/mol. The second kappa shape index (κ2) is 13.7. The minimum absolute atomic E-state index is 0.0750. The van der Waals surface area contributed by atoms with Crippen LogP contribution in [-0.2, 0) is 31.2 Å². The van der Waals surface area contributed by atoms with Crippen LogP contribution in [0.5, 0.6) is 0 Å². The molecule has 1 aliphatic rings. The molecule has 0 radical (unpaired) electrons. The van der Waals surface area contributed by atoms with E-state index in [1.54, 1.807) is 6.20 Å². The van der Waals surface area contributed by atoms with Gasteiger partial charge in [0.2, 0.25) is 5.91 Å². The Labute approximate surface area is 264 Å². The van der Waals surface area contributed by atoms with E-state index in [0.29, 0.717) is 19.1 Å². The molecule has 230 valence electrons. The number of rotatable bonds is 11. The zero-order valence-electron chi connectivity index (χ0n) is 25.7. The van der Waals surface area contributed by atoms with Crippen LogP contribution in [0, 0.1) is 5.41 Å². The molecule has 4 N–H and O–H groups in total. The fraction of sp³-hybridized carbons (Fsp3) is 0.278. The smallest absolute Gasteiger partial charge is 0.241 e. The van der Waals surface area contributed by atoms with Gasteiger partial charge in [0, 0.05) is 50.0 Å². The Morgan fingerprint density at radius 3 is 2.42 bits per heavy atom. The van der Waals surface area contributed by atoms with Gasteiger partial charge >= 0.3 is 0 Å². The van der Waals surface area contributed by atoms with Gasteiger partial charge in [-0.3, -0.25) is 15.1 Å². The maximum atomic E-state index is 13.9. The van der Waals surface area contributed by atoms with E-state index in [1.165, 1.54) is 5.56 Å². The number of carbonyl (C=O) groups is 1. The van der Waals surface area contributed by atoms with Crippen LogP contribution in [0.2, 0.25) is 0 Å². The van der Waals surface area contributed by atoms with Crippen molar-refractivity contribution in [2.75, 3.05) is 29.9 Å². The standard InChI is InChI=1S/C36H40N8O/c1-42-32-16-15-30(23-31(32)41-34(42)17-12-26-10-13-28(14-11-26)36(37)38)44(24-27-7-3-2-4-8-27)35(45)25-43-21-18-29(19-22-43)40-33-9-5-6-20-39-33/h2-11,13-16,20,23,29H,12,17-19,21-22,24-25H2,1H3,(H3,37,38)(H,39,40). The SMILES string of the molecule is Cn1c(CCc2ccc(C(=N)N)cc2)nc2cc(N(Cc3ccccc3)C(=O)CN3CCC(Nc4ccccn4)CC3)ccc21. The molecule has 5 aromatic rings. The summed E-state index contributed by atoms with van der Waals surface area (Å²) in [6.07, 6.45) is 5.34. The highest BCUT2D eigenvalue weighted by atomic mass is 16.2. The second-order valence-corrected chi connectivity index (χ2v) is 11.7. The molecule has 0 atom stereocenters. The van der Waals surface area contributed by atoms with Crippen LogP contribution in [0.15, 0.2) is 97.2 Å². The Morgan fingerprint density at radius 2 is 1.71 bits per heavy atom. The number of carbonyl (C=O) groups excluding carboxylic acids is 1. The van der Waals surface area contributed by atoms with Crippen molar-refractivity contribution in [2.45, 2.75) is 38.3 Å². The minimum atomic E-state index is 0.0750. The monoisotopic (exact) mass is 600 g/mol. The van der Waals surface area contributed by atoms with Crippen LogP contribution in [-0.4, -0.2) is 56.9 Å². The van der Waals surface area contributed by atoms with Gasteiger partial charge in [-0.25, -0.2) is 9.97 Å². The Kier molecular flexibility index (Phi) is 9.17. The van der Waals surface area contributed by atoms with Crippen molar-refractivity contribution in [1.82, 2.24) is 19.4 Å². The summed E-state index contributed by atoms with van der Waals surface area (Å²) in [6.45, 7) is 2.58. The van der Waals surface area contributed by atoms with Gasteiger partial charge in [-0.05, 0) is 60.7 Å². The number of hydrogen-bond donors (Lipinski definition) is 3. The molecule has 0 spiro atoms. The van der Waals surface area contributed by atoms with Crippen LogP contribution in [0.3, 0.4) is 0 Å². The quantitative estimate of drug-likeness (QED) is 0.143. The maximum Gasteiger partial charge on any atom is 0.241 e. The number of aryl methyl sites for hydroxylation is 3. The minimum Gasteiger partial charge on any atom is -0.384 e. The number of piperidine rings is 1. The third-order valence-corrected chi connectivity index (χ3v) is 8.62. The van der Waals surface area contributed by atoms with E-state index in [0.717, 1.165) is 78.3 Å². The van der Waals surface area contributed by atoms with Gasteiger partial charge in [0.25, 0.3) is 0 Å². The molecule has 45 heavy (non-hydrogen) atoms. The van der Waals surface area contributed by atoms with E-state index >= 15 is 0 Å². The van der Waals surface area contributed by atoms with Crippen LogP contribution >= 0.6 is 0 Å². The number of amidine groups is 1. The highest BCUT2D eigenvalue weighted by molar-refractivity contribution is 5.97. The zero-order valence-corrected chi connectivity index (χ0v) is 25.7. The highest BCUT2D eigenvalue weighted by Gasteiger charge is 2.25. The van der Waals surface area contributed by atoms with E-state index in [1.807, 2.05) is 84.7 Å². The molecule has 0 saturated carbocycles. The van der Waals surface area contributed by atoms with Gasteiger partial charge in [0.05, 0.1) is 24.1 Å². The van der Waals surface area contributed by atoms with Gasteiger partial charge in [-0.15, -0.1) is 0 Å². The summed E-state index contributed by atoms with van der Waals surface area (Å²) >= 11 is 0. The normalized spacial score (nSPS) is 14.0. The van der Waals surface area contributed by atoms with E-state index < -0.39 is 0 Å². The highest BCUT2D eigenvalue weighted by Crippen LogP contribution is 2.26. The third-order valence-electron chi connectivity index (χ3n) is 8.62. The largest absolute Gasteiger partial charge is 0.384 e. The number of nitrogens with zero attached hydrogens (tertiary/aromatic N) is 5. The van der Waals surface area contributed by atoms with Crippen molar-refractivity contribution < 1.29 is 4.79 Å². The van der Waals surface area contributed by atoms with Gasteiger partial charge in [0.15, 0.2) is 0 Å². The summed E-state index contributed by atoms with van der Waals surface area (Å²) in [4.78, 5) is 27.5. The fourth-order valence-corrected chi connectivity index (χ4v) is 6.00. The van der Waals surface area contributed by atoms with Crippen LogP contribution < -0.4 is 16.0 Å². The molecule has 3 heterocycles. The van der Waals surface area contributed by atoms with E-state index in [-0.39, 0.29) is 11.7 Å². The lowest BCUT2D eigenvalue weighted by Crippen LogP contribution is -2.45. The summed E-state index contributed by atoms with van der Waals surface area (Å²) in [7, 11) is 2.04. The Balaban J connectivity index is 1.16. The van der Waals surface area contributed by atoms with Crippen LogP contribution in [0.25, 0.3) is 11.0 Å². The molecule has 2 aromatic heterocycles. The topological polar surface area (TPSA) is 116 Å². The molecule has 0 aliphatic carbocycles. The number of benzene rings is 3. The fourth-order valence-electron chi connectivity index (χ4n) is 6.00. The van der Waals surface area contributed by atoms with Gasteiger partial charge in [0.1, 0.15) is 17.5 Å². The summed E-state index contributed by atoms with van der Waals surface area (Å²) in [5.74, 6) is 2.05. The molecule has 9 heteroatoms. The predicted octanol–water partition coefficient (Wildman–Crippen LogP) is 5.15. The van der Waals surface area contributed by atoms with Crippen molar-refractivity contribution in [3.05, 3.63) is 120 Å². The molecular formula is C36H40N8O. The number of pyridine rings is 1. The lowest BCUT2D eigenvalue weighted by atomic mass is 10.0. The summed E-state index contributed by atoms with van der Waals surface area (Å²) in [5, 5.41) is 11.1. The number of nitrogen functional groups attached to an aromatic ring is 1. The molecule has 1 saturated heterocycles. The number of nitrogens with one attached hydrogen (secondary N) is 2. The van der Waals surface area contributed by atoms with Crippen molar-refractivity contribution in [3.8, 4) is 0 Å². The first kappa shape index (κ1) is 30.0. The number of nitrogens with two attached hydrogens (primary N) is 1. The molecule has 0 unspecified atom stereocenters. The Bertz CT molecular complexity index is 1740. The van der Waals surface area contributed by atoms with Crippen molar-refractivity contribution in [3.63, 3.8) is 0 Å². The first-order valence-electron chi connectivity index (χ1n) is 15.6. The lowest BCUT2D eigenvalue weighted by Gasteiger charge is -2.33. The third kappa shape index (κ3) is 7.38. The number of aromatic nitrogens is 3. The molecule has 1 aliphatic heterocycles. The molecule has 6 rings (SSSR count). The average molecular weight is 601 g/mol. The number of hydrogen-bond acceptors (Lipinski definition) is 6. The summed E-state index contributed by atoms with van der Waals surface area (Å²) < 4.78 is 2.13. The summed E-state index contributed by atoms with van der Waals surface area (Å²) in [6, 6.07) is 30.4. The Morgan fingerprint density at radius 1 is 0.956 bits per heavy atom. The first-order valence-corrected chi connectivity index (χ1v) is 15.6. The van der Waals surface area contributed by atoms with Crippen molar-refractivity contribution in [2.24, 2.45) is 12.8 Å². The van der Waals surface area contributed by atoms with Crippen molar-refractivity contribution >= 4 is 34.3 Å². The number of imidazole rings is 1. The lowest BCUT2D eigenvalue weighted by molar-refractivity contribution is -0.120. The molecular weight excluding hydrogens is 560 g/mol. The van der Waals surface area contributed by atoms with Crippen LogP contribution in [0.1, 0.15) is 35.4 Å². The maximum absolute atomic E-state index is 13.9. The molecule has 1 fully saturated rings. The van der Waals surface area contributed by atoms with Gasteiger partial charge in [-0.1, -0.05) is 60.7 Å². The van der Waals surface area contributed by atoms with Gasteiger partial charge in [-0.2, -0.15) is 0 Å². The number of anilines is 2. The number of fused-ring (bicyclic) bond motifs is 1. The molecule has 1 amide bonds. The summed E-state index contributed by atoms with van der Waals surface area (Å²) in [5.41, 5.74) is 11.4. The number of likely N-dealkylation sites (tertiary alicyclic amines) is 1. The second-order valence-electron chi connectivity index (χ2n) is 11.7. The molecule has 3 aromatic carbocycles. The first-order chi connectivity index (χ1) is 21.9. The van der Waals surface area contributed by atoms with Crippen molar-refractivity contribution in [1.29, 1.82) is 5.41 Å². The molecule has 9 nitrogen and oxygen atoms in total. The zero-order chi connectivity index (χ0) is 31.2. The molecule has 0 bridgehead atoms. The van der Waals surface area contributed by atoms with Crippen LogP contribution in [0.4, 0.5) is 11.5 Å². The van der Waals surface area contributed by atoms with E-state index in [9.17, 15) is 4.79 Å².